The van der Waals surface area contributed by atoms with Gasteiger partial charge in [-0.25, -0.2) is 0 Å². The van der Waals surface area contributed by atoms with Crippen molar-refractivity contribution in [1.29, 1.82) is 0 Å². The Labute approximate surface area is 99.8 Å². The Kier molecular flexibility index (Phi) is 4.60. The second kappa shape index (κ2) is 5.74. The summed E-state index contributed by atoms with van der Waals surface area (Å²) in [6.45, 7) is 10.3. The molecule has 0 saturated carbocycles. The molecule has 1 heteroatoms. The summed E-state index contributed by atoms with van der Waals surface area (Å²) >= 11 is 0. The van der Waals surface area contributed by atoms with Crippen LogP contribution in [0.1, 0.15) is 19.8 Å². The summed E-state index contributed by atoms with van der Waals surface area (Å²) in [4.78, 5) is 2.14. The first kappa shape index (κ1) is 12.8. The SMILES string of the molecule is C=CCC(CC)C1C=CC=C(N(C)C)C1=C. The molecule has 1 rings (SSSR count). The quantitative estimate of drug-likeness (QED) is 0.633. The van der Waals surface area contributed by atoms with Crippen molar-refractivity contribution in [2.75, 3.05) is 14.1 Å². The average Bonchev–Trinajstić information content (AvgIpc) is 2.26. The largest absolute Gasteiger partial charge is 0.377 e. The Morgan fingerprint density at radius 2 is 2.19 bits per heavy atom. The molecule has 2 atom stereocenters. The van der Waals surface area contributed by atoms with E-state index in [4.69, 9.17) is 0 Å². The smallest absolute Gasteiger partial charge is 0.0393 e. The molecule has 0 amide bonds. The molecule has 0 N–H and O–H groups in total. The predicted octanol–water partition coefficient (Wildman–Crippen LogP) is 3.78. The van der Waals surface area contributed by atoms with Crippen LogP contribution in [0.2, 0.25) is 0 Å². The van der Waals surface area contributed by atoms with Crippen LogP contribution < -0.4 is 0 Å². The Morgan fingerprint density at radius 1 is 1.50 bits per heavy atom. The van der Waals surface area contributed by atoms with E-state index >= 15 is 0 Å². The minimum absolute atomic E-state index is 0.463. The molecular formula is C15H23N. The lowest BCUT2D eigenvalue weighted by atomic mass is 9.79. The van der Waals surface area contributed by atoms with Crippen molar-refractivity contribution in [3.63, 3.8) is 0 Å². The van der Waals surface area contributed by atoms with E-state index in [0.717, 1.165) is 6.42 Å². The first-order chi connectivity index (χ1) is 7.61. The third-order valence-electron chi connectivity index (χ3n) is 3.29. The maximum absolute atomic E-state index is 4.25. The maximum Gasteiger partial charge on any atom is 0.0393 e. The monoisotopic (exact) mass is 217 g/mol. The Balaban J connectivity index is 2.85. The van der Waals surface area contributed by atoms with Gasteiger partial charge in [0.2, 0.25) is 0 Å². The molecule has 0 aromatic rings. The number of rotatable bonds is 5. The molecule has 0 fully saturated rings. The molecule has 1 aliphatic rings. The second-order valence-electron chi connectivity index (χ2n) is 4.57. The summed E-state index contributed by atoms with van der Waals surface area (Å²) in [5.74, 6) is 1.09. The van der Waals surface area contributed by atoms with Gasteiger partial charge in [-0.3, -0.25) is 0 Å². The van der Waals surface area contributed by atoms with Crippen molar-refractivity contribution in [3.8, 4) is 0 Å². The molecule has 0 saturated heterocycles. The van der Waals surface area contributed by atoms with Gasteiger partial charge < -0.3 is 4.90 Å². The summed E-state index contributed by atoms with van der Waals surface area (Å²) in [6.07, 6.45) is 10.8. The van der Waals surface area contributed by atoms with Crippen molar-refractivity contribution < 1.29 is 0 Å². The summed E-state index contributed by atoms with van der Waals surface area (Å²) < 4.78 is 0. The van der Waals surface area contributed by atoms with Gasteiger partial charge in [0.1, 0.15) is 0 Å². The molecule has 0 heterocycles. The summed E-state index contributed by atoms with van der Waals surface area (Å²) in [5.41, 5.74) is 2.48. The van der Waals surface area contributed by atoms with Crippen molar-refractivity contribution in [3.05, 3.63) is 48.7 Å². The molecule has 2 unspecified atom stereocenters. The lowest BCUT2D eigenvalue weighted by molar-refractivity contribution is 0.409. The molecule has 1 aliphatic carbocycles. The van der Waals surface area contributed by atoms with E-state index in [-0.39, 0.29) is 0 Å². The highest BCUT2D eigenvalue weighted by molar-refractivity contribution is 5.39. The second-order valence-corrected chi connectivity index (χ2v) is 4.57. The van der Waals surface area contributed by atoms with Gasteiger partial charge in [0.25, 0.3) is 0 Å². The Bertz CT molecular complexity index is 320. The van der Waals surface area contributed by atoms with Gasteiger partial charge in [-0.05, 0) is 24.0 Å². The molecule has 1 nitrogen and oxygen atoms in total. The van der Waals surface area contributed by atoms with E-state index < -0.39 is 0 Å². The van der Waals surface area contributed by atoms with Gasteiger partial charge in [0.15, 0.2) is 0 Å². The van der Waals surface area contributed by atoms with Crippen LogP contribution in [0.25, 0.3) is 0 Å². The summed E-state index contributed by atoms with van der Waals surface area (Å²) in [7, 11) is 4.14. The van der Waals surface area contributed by atoms with Gasteiger partial charge in [-0.15, -0.1) is 6.58 Å². The molecule has 0 bridgehead atoms. The zero-order chi connectivity index (χ0) is 12.1. The number of likely N-dealkylation sites (N-methyl/N-ethyl adjacent to an activating group) is 1. The van der Waals surface area contributed by atoms with Crippen LogP contribution in [-0.2, 0) is 0 Å². The maximum atomic E-state index is 4.25. The fourth-order valence-electron chi connectivity index (χ4n) is 2.32. The minimum atomic E-state index is 0.463. The molecule has 0 spiro atoms. The van der Waals surface area contributed by atoms with Gasteiger partial charge in [-0.1, -0.05) is 38.2 Å². The number of allylic oxidation sites excluding steroid dienone is 5. The van der Waals surface area contributed by atoms with Crippen LogP contribution in [0.4, 0.5) is 0 Å². The Morgan fingerprint density at radius 3 is 2.69 bits per heavy atom. The average molecular weight is 217 g/mol. The fraction of sp³-hybridized carbons (Fsp3) is 0.467. The highest BCUT2D eigenvalue weighted by Gasteiger charge is 2.23. The zero-order valence-electron chi connectivity index (χ0n) is 10.7. The Hall–Kier alpha value is -1.24. The summed E-state index contributed by atoms with van der Waals surface area (Å²) in [6, 6.07) is 0. The number of hydrogen-bond donors (Lipinski definition) is 0. The fourth-order valence-corrected chi connectivity index (χ4v) is 2.32. The van der Waals surface area contributed by atoms with Crippen LogP contribution in [0.5, 0.6) is 0 Å². The third-order valence-corrected chi connectivity index (χ3v) is 3.29. The van der Waals surface area contributed by atoms with Crippen LogP contribution in [0.15, 0.2) is 48.7 Å². The standard InChI is InChI=1S/C15H23N/c1-6-9-13(7-2)14-10-8-11-15(12(14)3)16(4)5/h6,8,10-11,13-14H,1,3,7,9H2,2,4-5H3. The predicted molar refractivity (Wildman–Crippen MR) is 72.1 cm³/mol. The van der Waals surface area contributed by atoms with Crippen LogP contribution in [0, 0.1) is 11.8 Å². The van der Waals surface area contributed by atoms with Gasteiger partial charge in [0, 0.05) is 25.7 Å². The molecule has 0 aromatic heterocycles. The van der Waals surface area contributed by atoms with Crippen molar-refractivity contribution in [2.45, 2.75) is 19.8 Å². The highest BCUT2D eigenvalue weighted by Crippen LogP contribution is 2.34. The van der Waals surface area contributed by atoms with Gasteiger partial charge in [-0.2, -0.15) is 0 Å². The van der Waals surface area contributed by atoms with Crippen molar-refractivity contribution >= 4 is 0 Å². The van der Waals surface area contributed by atoms with Crippen LogP contribution >= 0.6 is 0 Å². The van der Waals surface area contributed by atoms with Crippen molar-refractivity contribution in [1.82, 2.24) is 4.90 Å². The van der Waals surface area contributed by atoms with E-state index in [9.17, 15) is 0 Å². The molecule has 0 aliphatic heterocycles. The lowest BCUT2D eigenvalue weighted by Gasteiger charge is -2.31. The third kappa shape index (κ3) is 2.66. The molecule has 16 heavy (non-hydrogen) atoms. The molecular weight excluding hydrogens is 194 g/mol. The van der Waals surface area contributed by atoms with E-state index in [1.54, 1.807) is 0 Å². The van der Waals surface area contributed by atoms with E-state index in [2.05, 4.69) is 57.3 Å². The van der Waals surface area contributed by atoms with E-state index in [0.29, 0.717) is 11.8 Å². The highest BCUT2D eigenvalue weighted by atomic mass is 15.1. The number of hydrogen-bond acceptors (Lipinski definition) is 1. The lowest BCUT2D eigenvalue weighted by Crippen LogP contribution is -2.23. The first-order valence-electron chi connectivity index (χ1n) is 5.97. The van der Waals surface area contributed by atoms with Gasteiger partial charge in [0.05, 0.1) is 0 Å². The van der Waals surface area contributed by atoms with Gasteiger partial charge >= 0.3 is 0 Å². The van der Waals surface area contributed by atoms with Crippen molar-refractivity contribution in [2.24, 2.45) is 11.8 Å². The van der Waals surface area contributed by atoms with Crippen LogP contribution in [0.3, 0.4) is 0 Å². The van der Waals surface area contributed by atoms with Crippen LogP contribution in [-0.4, -0.2) is 19.0 Å². The topological polar surface area (TPSA) is 3.24 Å². The normalized spacial score (nSPS) is 21.6. The van der Waals surface area contributed by atoms with E-state index in [1.165, 1.54) is 17.7 Å². The summed E-state index contributed by atoms with van der Waals surface area (Å²) in [5, 5.41) is 0. The number of nitrogens with zero attached hydrogens (tertiary/aromatic N) is 1. The zero-order valence-corrected chi connectivity index (χ0v) is 10.7. The molecule has 0 aromatic carbocycles. The molecule has 88 valence electrons. The molecule has 0 radical (unpaired) electrons. The first-order valence-corrected chi connectivity index (χ1v) is 5.97. The minimum Gasteiger partial charge on any atom is -0.377 e. The van der Waals surface area contributed by atoms with E-state index in [1.807, 2.05) is 6.08 Å².